The molecule has 7 nitrogen and oxygen atoms in total. The number of carboxylic acids is 1. The second-order valence-corrected chi connectivity index (χ2v) is 7.54. The van der Waals surface area contributed by atoms with Gasteiger partial charge in [-0.2, -0.15) is 0 Å². The first kappa shape index (κ1) is 25.0. The summed E-state index contributed by atoms with van der Waals surface area (Å²) in [5.41, 5.74) is 5.62. The molecule has 0 aromatic carbocycles. The van der Waals surface area contributed by atoms with Crippen molar-refractivity contribution in [3.8, 4) is 0 Å². The van der Waals surface area contributed by atoms with Crippen LogP contribution >= 0.6 is 0 Å². The first-order chi connectivity index (χ1) is 12.6. The van der Waals surface area contributed by atoms with E-state index >= 15 is 0 Å². The molecule has 0 aromatic rings. The van der Waals surface area contributed by atoms with Crippen molar-refractivity contribution in [2.45, 2.75) is 77.4 Å². The van der Waals surface area contributed by atoms with Gasteiger partial charge in [0.25, 0.3) is 0 Å². The number of ether oxygens (including phenoxy) is 2. The van der Waals surface area contributed by atoms with Crippen LogP contribution in [0, 0.1) is 0 Å². The molecule has 0 aliphatic heterocycles. The van der Waals surface area contributed by atoms with E-state index in [4.69, 9.17) is 20.3 Å². The molecule has 1 amide bonds. The normalized spacial score (nSPS) is 12.7. The Hall–Kier alpha value is -2.02. The lowest BCUT2D eigenvalue weighted by Gasteiger charge is -2.23. The summed E-state index contributed by atoms with van der Waals surface area (Å²) in [6.07, 6.45) is 8.41. The summed E-state index contributed by atoms with van der Waals surface area (Å²) in [6.45, 7) is 9.92. The lowest BCUT2D eigenvalue weighted by atomic mass is 10.1. The Morgan fingerprint density at radius 2 is 1.89 bits per heavy atom. The van der Waals surface area contributed by atoms with Crippen LogP contribution in [0.25, 0.3) is 0 Å². The van der Waals surface area contributed by atoms with Crippen molar-refractivity contribution >= 4 is 12.1 Å². The fourth-order valence-corrected chi connectivity index (χ4v) is 2.21. The minimum atomic E-state index is -0.744. The number of aliphatic carboxylic acids is 1. The average Bonchev–Trinajstić information content (AvgIpc) is 2.51. The van der Waals surface area contributed by atoms with Gasteiger partial charge >= 0.3 is 12.1 Å². The van der Waals surface area contributed by atoms with E-state index in [-0.39, 0.29) is 12.5 Å². The van der Waals surface area contributed by atoms with E-state index < -0.39 is 17.7 Å². The van der Waals surface area contributed by atoms with Crippen molar-refractivity contribution < 1.29 is 24.2 Å². The van der Waals surface area contributed by atoms with Gasteiger partial charge in [-0.3, -0.25) is 4.79 Å². The molecular weight excluding hydrogens is 348 g/mol. The third-order valence-corrected chi connectivity index (χ3v) is 3.50. The van der Waals surface area contributed by atoms with Crippen LogP contribution in [0.4, 0.5) is 4.79 Å². The van der Waals surface area contributed by atoms with Crippen LogP contribution in [0.15, 0.2) is 24.4 Å². The zero-order chi connectivity index (χ0) is 20.7. The largest absolute Gasteiger partial charge is 0.481 e. The fraction of sp³-hybridized carbons (Fsp3) is 0.700. The molecule has 0 fully saturated rings. The quantitative estimate of drug-likeness (QED) is 0.311. The molecular formula is C20H36N2O5. The molecule has 1 unspecified atom stereocenters. The first-order valence-corrected chi connectivity index (χ1v) is 9.47. The molecule has 1 atom stereocenters. The van der Waals surface area contributed by atoms with Crippen LogP contribution in [-0.2, 0) is 14.3 Å². The van der Waals surface area contributed by atoms with Gasteiger partial charge in [-0.05, 0) is 52.9 Å². The van der Waals surface area contributed by atoms with Crippen LogP contribution in [-0.4, -0.2) is 42.0 Å². The van der Waals surface area contributed by atoms with Crippen molar-refractivity contribution in [1.29, 1.82) is 0 Å². The lowest BCUT2D eigenvalue weighted by molar-refractivity contribution is -0.137. The zero-order valence-electron chi connectivity index (χ0n) is 17.0. The minimum Gasteiger partial charge on any atom is -0.481 e. The van der Waals surface area contributed by atoms with Crippen LogP contribution in [0.3, 0.4) is 0 Å². The molecule has 0 saturated heterocycles. The van der Waals surface area contributed by atoms with Gasteiger partial charge in [-0.25, -0.2) is 4.79 Å². The smallest absolute Gasteiger partial charge is 0.407 e. The first-order valence-electron chi connectivity index (χ1n) is 9.47. The van der Waals surface area contributed by atoms with E-state index in [2.05, 4.69) is 11.9 Å². The number of allylic oxidation sites excluding steroid dienone is 2. The lowest BCUT2D eigenvalue weighted by Crippen LogP contribution is -2.41. The molecule has 4 N–H and O–H groups in total. The van der Waals surface area contributed by atoms with Crippen molar-refractivity contribution in [2.75, 3.05) is 13.2 Å². The maximum absolute atomic E-state index is 11.9. The second-order valence-electron chi connectivity index (χ2n) is 7.54. The summed E-state index contributed by atoms with van der Waals surface area (Å²) in [6, 6.07) is -0.204. The number of alkyl carbamates (subject to hydrolysis) is 1. The van der Waals surface area contributed by atoms with Crippen LogP contribution in [0.5, 0.6) is 0 Å². The summed E-state index contributed by atoms with van der Waals surface area (Å²) in [7, 11) is 0. The van der Waals surface area contributed by atoms with Gasteiger partial charge in [0.05, 0.1) is 19.3 Å². The molecule has 0 spiro atoms. The molecule has 0 radical (unpaired) electrons. The molecule has 0 bridgehead atoms. The van der Waals surface area contributed by atoms with Crippen LogP contribution in [0.2, 0.25) is 0 Å². The molecule has 0 aliphatic rings. The van der Waals surface area contributed by atoms with Crippen LogP contribution in [0.1, 0.15) is 65.7 Å². The van der Waals surface area contributed by atoms with Gasteiger partial charge < -0.3 is 25.6 Å². The Kier molecular flexibility index (Phi) is 13.0. The maximum Gasteiger partial charge on any atom is 0.407 e. The monoisotopic (exact) mass is 384 g/mol. The number of hydrogen-bond donors (Lipinski definition) is 3. The molecule has 0 rings (SSSR count). The fourth-order valence-electron chi connectivity index (χ4n) is 2.21. The Bertz CT molecular complexity index is 483. The molecule has 27 heavy (non-hydrogen) atoms. The van der Waals surface area contributed by atoms with Gasteiger partial charge in [0.2, 0.25) is 0 Å². The number of nitrogens with two attached hydrogens (primary N) is 1. The Morgan fingerprint density at radius 1 is 1.19 bits per heavy atom. The summed E-state index contributed by atoms with van der Waals surface area (Å²) in [5.74, 6) is -0.744. The molecule has 7 heteroatoms. The molecule has 0 aromatic heterocycles. The average molecular weight is 385 g/mol. The van der Waals surface area contributed by atoms with E-state index in [1.54, 1.807) is 0 Å². The van der Waals surface area contributed by atoms with Gasteiger partial charge in [-0.1, -0.05) is 25.2 Å². The van der Waals surface area contributed by atoms with E-state index in [1.165, 1.54) is 0 Å². The zero-order valence-corrected chi connectivity index (χ0v) is 17.0. The Labute approximate surface area is 163 Å². The maximum atomic E-state index is 11.9. The number of carbonyl (C=O) groups excluding carboxylic acids is 1. The summed E-state index contributed by atoms with van der Waals surface area (Å²) in [5, 5.41) is 11.4. The van der Waals surface area contributed by atoms with Gasteiger partial charge in [0, 0.05) is 12.1 Å². The topological polar surface area (TPSA) is 111 Å². The van der Waals surface area contributed by atoms with Crippen LogP contribution < -0.4 is 11.1 Å². The highest BCUT2D eigenvalue weighted by atomic mass is 16.6. The standard InChI is InChI=1S/C20H36N2O5/c1-16(21)12-13-17(22-19(25)27-20(2,3)4)15-26-14-10-8-6-5-7-9-11-18(23)24/h8,10,17H,1,5-7,9,11-15,21H2,2-4H3,(H,22,25)(H,23,24)/b10-8-. The predicted octanol–water partition coefficient (Wildman–Crippen LogP) is 3.74. The van der Waals surface area contributed by atoms with Gasteiger partial charge in [-0.15, -0.1) is 0 Å². The second kappa shape index (κ2) is 14.1. The number of amides is 1. The third-order valence-electron chi connectivity index (χ3n) is 3.50. The number of carbonyl (C=O) groups is 2. The highest BCUT2D eigenvalue weighted by Gasteiger charge is 2.19. The highest BCUT2D eigenvalue weighted by molar-refractivity contribution is 5.68. The number of hydrogen-bond acceptors (Lipinski definition) is 5. The highest BCUT2D eigenvalue weighted by Crippen LogP contribution is 2.09. The van der Waals surface area contributed by atoms with E-state index in [0.717, 1.165) is 19.3 Å². The van der Waals surface area contributed by atoms with E-state index in [9.17, 15) is 9.59 Å². The summed E-state index contributed by atoms with van der Waals surface area (Å²) < 4.78 is 10.9. The van der Waals surface area contributed by atoms with Crippen molar-refractivity contribution in [3.05, 3.63) is 24.4 Å². The number of carboxylic acid groups (broad SMARTS) is 1. The third kappa shape index (κ3) is 18.6. The minimum absolute atomic E-state index is 0.204. The number of unbranched alkanes of at least 4 members (excludes halogenated alkanes) is 3. The summed E-state index contributed by atoms with van der Waals surface area (Å²) in [4.78, 5) is 22.3. The molecule has 0 saturated carbocycles. The Balaban J connectivity index is 4.06. The number of nitrogens with one attached hydrogen (secondary N) is 1. The predicted molar refractivity (Wildman–Crippen MR) is 106 cm³/mol. The SMILES string of the molecule is C=C(N)CCC(COC/C=C\CCCCCC(=O)O)NC(=O)OC(C)(C)C. The molecule has 0 aliphatic carbocycles. The Morgan fingerprint density at radius 3 is 2.48 bits per heavy atom. The van der Waals surface area contributed by atoms with E-state index in [0.29, 0.717) is 38.2 Å². The number of rotatable bonds is 14. The van der Waals surface area contributed by atoms with Crippen molar-refractivity contribution in [2.24, 2.45) is 5.73 Å². The molecule has 156 valence electrons. The van der Waals surface area contributed by atoms with Crippen molar-refractivity contribution in [1.82, 2.24) is 5.32 Å². The van der Waals surface area contributed by atoms with E-state index in [1.807, 2.05) is 32.9 Å². The van der Waals surface area contributed by atoms with Gasteiger partial charge in [0.15, 0.2) is 0 Å². The summed E-state index contributed by atoms with van der Waals surface area (Å²) >= 11 is 0. The van der Waals surface area contributed by atoms with Gasteiger partial charge in [0.1, 0.15) is 5.60 Å². The molecule has 0 heterocycles. The van der Waals surface area contributed by atoms with Crippen molar-refractivity contribution in [3.63, 3.8) is 0 Å².